The van der Waals surface area contributed by atoms with Crippen LogP contribution in [-0.4, -0.2) is 12.2 Å². The van der Waals surface area contributed by atoms with Gasteiger partial charge in [-0.2, -0.15) is 4.99 Å². The lowest BCUT2D eigenvalue weighted by Crippen LogP contribution is -2.34. The van der Waals surface area contributed by atoms with Crippen molar-refractivity contribution in [2.45, 2.75) is 0 Å². The monoisotopic (exact) mass is 298 g/mol. The number of hydrogen-bond donors (Lipinski definition) is 0. The van der Waals surface area contributed by atoms with Crippen LogP contribution in [0.4, 0.5) is 11.4 Å². The van der Waals surface area contributed by atoms with Crippen molar-refractivity contribution in [3.63, 3.8) is 0 Å². The van der Waals surface area contributed by atoms with Gasteiger partial charge in [0.2, 0.25) is 12.2 Å². The van der Waals surface area contributed by atoms with E-state index in [2.05, 4.69) is 29.3 Å². The Hall–Kier alpha value is -3.04. The fourth-order valence-corrected chi connectivity index (χ4v) is 2.77. The molecule has 3 aromatic carbocycles. The molecular weight excluding hydrogens is 282 g/mol. The Morgan fingerprint density at radius 3 is 1.57 bits per heavy atom. The first-order chi connectivity index (χ1) is 11.4. The number of hydrogen-bond acceptors (Lipinski definition) is 2. The van der Waals surface area contributed by atoms with E-state index in [0.717, 1.165) is 22.8 Å². The fraction of sp³-hybridized carbons (Fsp3) is 0. The molecule has 1 aliphatic rings. The maximum absolute atomic E-state index is 4.96. The number of para-hydroxylation sites is 2. The summed E-state index contributed by atoms with van der Waals surface area (Å²) in [6, 6.07) is 30.5. The van der Waals surface area contributed by atoms with E-state index in [1.165, 1.54) is 0 Å². The van der Waals surface area contributed by atoms with E-state index in [1.54, 1.807) is 0 Å². The highest BCUT2D eigenvalue weighted by atomic mass is 15.7. The summed E-state index contributed by atoms with van der Waals surface area (Å²) in [5.74, 6) is 0.748. The highest BCUT2D eigenvalue weighted by Crippen LogP contribution is 2.36. The van der Waals surface area contributed by atoms with Crippen LogP contribution in [0.2, 0.25) is 0 Å². The molecule has 0 saturated carbocycles. The zero-order chi connectivity index (χ0) is 15.5. The van der Waals surface area contributed by atoms with Crippen molar-refractivity contribution in [2.75, 3.05) is 0 Å². The molecule has 3 heteroatoms. The molecule has 0 unspecified atom stereocenters. The van der Waals surface area contributed by atoms with E-state index in [-0.39, 0.29) is 4.59 Å². The van der Waals surface area contributed by atoms with E-state index in [0.29, 0.717) is 0 Å². The molecule has 3 nitrogen and oxygen atoms in total. The molecular formula is C20H16N3+. The van der Waals surface area contributed by atoms with E-state index in [4.69, 9.17) is 5.10 Å². The predicted octanol–water partition coefficient (Wildman–Crippen LogP) is 4.73. The first-order valence-electron chi connectivity index (χ1n) is 7.59. The molecule has 0 bridgehead atoms. The molecule has 1 aliphatic heterocycles. The van der Waals surface area contributed by atoms with Crippen LogP contribution in [0, 0.1) is 0 Å². The van der Waals surface area contributed by atoms with Gasteiger partial charge in [-0.05, 0) is 5.10 Å². The topological polar surface area (TPSA) is 24.7 Å². The lowest BCUT2D eigenvalue weighted by atomic mass is 10.2. The summed E-state index contributed by atoms with van der Waals surface area (Å²) in [4.78, 5) is 4.61. The van der Waals surface area contributed by atoms with Gasteiger partial charge in [0.1, 0.15) is 0 Å². The predicted molar refractivity (Wildman–Crippen MR) is 95.8 cm³/mol. The summed E-state index contributed by atoms with van der Waals surface area (Å²) in [6.07, 6.45) is 1.90. The molecule has 0 amide bonds. The number of quaternary nitrogens is 1. The molecule has 3 aromatic rings. The Labute approximate surface area is 135 Å². The van der Waals surface area contributed by atoms with Crippen LogP contribution in [-0.2, 0) is 0 Å². The Bertz CT molecular complexity index is 814. The standard InChI is InChI=1S/C20H16N3/c1-4-10-17(11-5-1)20-21-16-23(22-20,18-12-6-2-7-13-18)19-14-8-3-9-15-19/h1-16H/q+1. The minimum Gasteiger partial charge on any atom is -0.175 e. The van der Waals surface area contributed by atoms with Crippen molar-refractivity contribution in [2.24, 2.45) is 10.1 Å². The molecule has 1 heterocycles. The molecule has 0 spiro atoms. The second kappa shape index (κ2) is 5.63. The zero-order valence-corrected chi connectivity index (χ0v) is 12.6. The van der Waals surface area contributed by atoms with Crippen molar-refractivity contribution in [1.29, 1.82) is 0 Å². The van der Waals surface area contributed by atoms with Gasteiger partial charge in [-0.15, -0.1) is 0 Å². The van der Waals surface area contributed by atoms with E-state index in [9.17, 15) is 0 Å². The molecule has 0 radical (unpaired) electrons. The SMILES string of the molecule is C1=NC(c2ccccc2)=N[N+]1(c1ccccc1)c1ccccc1. The maximum Gasteiger partial charge on any atom is 0.229 e. The molecule has 0 atom stereocenters. The molecule has 4 rings (SSSR count). The third-order valence-electron chi connectivity index (χ3n) is 3.93. The molecule has 0 aromatic heterocycles. The first kappa shape index (κ1) is 13.6. The van der Waals surface area contributed by atoms with Gasteiger partial charge in [0.25, 0.3) is 0 Å². The fourth-order valence-electron chi connectivity index (χ4n) is 2.77. The van der Waals surface area contributed by atoms with Gasteiger partial charge in [0.15, 0.2) is 11.4 Å². The lowest BCUT2D eigenvalue weighted by molar-refractivity contribution is 0.621. The van der Waals surface area contributed by atoms with E-state index < -0.39 is 0 Å². The van der Waals surface area contributed by atoms with Gasteiger partial charge in [-0.25, -0.2) is 0 Å². The van der Waals surface area contributed by atoms with Crippen molar-refractivity contribution >= 4 is 23.5 Å². The Morgan fingerprint density at radius 2 is 1.04 bits per heavy atom. The first-order valence-corrected chi connectivity index (χ1v) is 7.59. The van der Waals surface area contributed by atoms with Crippen LogP contribution in [0.5, 0.6) is 0 Å². The van der Waals surface area contributed by atoms with Gasteiger partial charge in [-0.3, -0.25) is 0 Å². The van der Waals surface area contributed by atoms with Crippen molar-refractivity contribution in [1.82, 2.24) is 4.59 Å². The summed E-state index contributed by atoms with van der Waals surface area (Å²) in [5.41, 5.74) is 3.15. The van der Waals surface area contributed by atoms with Gasteiger partial charge in [0, 0.05) is 29.8 Å². The van der Waals surface area contributed by atoms with Gasteiger partial charge >= 0.3 is 0 Å². The van der Waals surface area contributed by atoms with Gasteiger partial charge < -0.3 is 0 Å². The third-order valence-corrected chi connectivity index (χ3v) is 3.93. The molecule has 0 aliphatic carbocycles. The van der Waals surface area contributed by atoms with Gasteiger partial charge in [0.05, 0.1) is 0 Å². The Balaban J connectivity index is 1.90. The van der Waals surface area contributed by atoms with Crippen LogP contribution in [0.1, 0.15) is 5.56 Å². The quantitative estimate of drug-likeness (QED) is 0.625. The summed E-state index contributed by atoms with van der Waals surface area (Å²) in [5, 5.41) is 4.96. The Morgan fingerprint density at radius 1 is 0.565 bits per heavy atom. The van der Waals surface area contributed by atoms with Crippen LogP contribution < -0.4 is 4.59 Å². The molecule has 0 saturated heterocycles. The van der Waals surface area contributed by atoms with Gasteiger partial charge in [-0.1, -0.05) is 71.3 Å². The number of amidine groups is 1. The van der Waals surface area contributed by atoms with Crippen LogP contribution in [0.3, 0.4) is 0 Å². The summed E-state index contributed by atoms with van der Waals surface area (Å²) >= 11 is 0. The second-order valence-electron chi connectivity index (χ2n) is 5.39. The maximum atomic E-state index is 4.96. The van der Waals surface area contributed by atoms with E-state index >= 15 is 0 Å². The minimum absolute atomic E-state index is 0.256. The minimum atomic E-state index is 0.256. The number of benzene rings is 3. The largest absolute Gasteiger partial charge is 0.229 e. The van der Waals surface area contributed by atoms with E-state index in [1.807, 2.05) is 73.1 Å². The lowest BCUT2D eigenvalue weighted by Gasteiger charge is -2.23. The number of aliphatic imine (C=N–C) groups is 1. The van der Waals surface area contributed by atoms with Crippen LogP contribution in [0.25, 0.3) is 0 Å². The third kappa shape index (κ3) is 2.37. The average molecular weight is 298 g/mol. The van der Waals surface area contributed by atoms with Crippen LogP contribution >= 0.6 is 0 Å². The Kier molecular flexibility index (Phi) is 3.33. The summed E-state index contributed by atoms with van der Waals surface area (Å²) < 4.78 is 0.256. The normalized spacial score (nSPS) is 15.4. The average Bonchev–Trinajstić information content (AvgIpc) is 3.11. The zero-order valence-electron chi connectivity index (χ0n) is 12.6. The second-order valence-corrected chi connectivity index (χ2v) is 5.39. The summed E-state index contributed by atoms with van der Waals surface area (Å²) in [7, 11) is 0. The van der Waals surface area contributed by atoms with Crippen molar-refractivity contribution in [3.8, 4) is 0 Å². The highest BCUT2D eigenvalue weighted by molar-refractivity contribution is 6.09. The number of nitrogens with zero attached hydrogens (tertiary/aromatic N) is 3. The molecule has 0 N–H and O–H groups in total. The van der Waals surface area contributed by atoms with Crippen molar-refractivity contribution < 1.29 is 0 Å². The highest BCUT2D eigenvalue weighted by Gasteiger charge is 2.37. The summed E-state index contributed by atoms with van der Waals surface area (Å²) in [6.45, 7) is 0. The smallest absolute Gasteiger partial charge is 0.175 e. The van der Waals surface area contributed by atoms with Crippen molar-refractivity contribution in [3.05, 3.63) is 96.6 Å². The molecule has 0 fully saturated rings. The molecule has 110 valence electrons. The molecule has 23 heavy (non-hydrogen) atoms. The van der Waals surface area contributed by atoms with Crippen LogP contribution in [0.15, 0.2) is 101 Å². The number of rotatable bonds is 3.